The zero-order valence-corrected chi connectivity index (χ0v) is 15.2. The molecule has 0 N–H and O–H groups in total. The van der Waals surface area contributed by atoms with Crippen molar-refractivity contribution in [1.82, 2.24) is 14.8 Å². The lowest BCUT2D eigenvalue weighted by Crippen LogP contribution is -2.51. The standard InChI is InChI=1S/C19H28N4O2/c1-15(24)22-12-8-16(9-13-22)19(25)21(2)17-6-5-11-23(14-17)18-7-3-4-10-20-18/h3-4,7,10,16-17H,5-6,8-9,11-14H2,1-2H3. The maximum absolute atomic E-state index is 12.9. The molecule has 0 aromatic carbocycles. The monoisotopic (exact) mass is 344 g/mol. The van der Waals surface area contributed by atoms with Crippen LogP contribution in [0.25, 0.3) is 0 Å². The van der Waals surface area contributed by atoms with Gasteiger partial charge in [-0.25, -0.2) is 4.98 Å². The molecule has 2 fully saturated rings. The van der Waals surface area contributed by atoms with Crippen molar-refractivity contribution in [2.24, 2.45) is 5.92 Å². The smallest absolute Gasteiger partial charge is 0.225 e. The summed E-state index contributed by atoms with van der Waals surface area (Å²) in [6, 6.07) is 6.19. The van der Waals surface area contributed by atoms with Gasteiger partial charge in [-0.1, -0.05) is 6.07 Å². The van der Waals surface area contributed by atoms with E-state index in [1.807, 2.05) is 41.2 Å². The maximum Gasteiger partial charge on any atom is 0.225 e. The fourth-order valence-corrected chi connectivity index (χ4v) is 3.93. The van der Waals surface area contributed by atoms with Gasteiger partial charge in [-0.3, -0.25) is 9.59 Å². The first-order chi connectivity index (χ1) is 12.1. The van der Waals surface area contributed by atoms with E-state index in [0.29, 0.717) is 13.1 Å². The van der Waals surface area contributed by atoms with Gasteiger partial charge in [-0.2, -0.15) is 0 Å². The van der Waals surface area contributed by atoms with Crippen molar-refractivity contribution >= 4 is 17.6 Å². The summed E-state index contributed by atoms with van der Waals surface area (Å²) in [5, 5.41) is 0. The lowest BCUT2D eigenvalue weighted by atomic mass is 9.94. The van der Waals surface area contributed by atoms with Crippen molar-refractivity contribution in [1.29, 1.82) is 0 Å². The van der Waals surface area contributed by atoms with Gasteiger partial charge in [0.1, 0.15) is 5.82 Å². The predicted molar refractivity (Wildman–Crippen MR) is 97.2 cm³/mol. The van der Waals surface area contributed by atoms with Crippen LogP contribution in [0.15, 0.2) is 24.4 Å². The molecule has 3 rings (SSSR count). The number of hydrogen-bond acceptors (Lipinski definition) is 4. The van der Waals surface area contributed by atoms with Crippen molar-refractivity contribution in [3.63, 3.8) is 0 Å². The molecule has 0 spiro atoms. The number of piperidine rings is 2. The van der Waals surface area contributed by atoms with E-state index in [0.717, 1.165) is 44.6 Å². The highest BCUT2D eigenvalue weighted by Crippen LogP contribution is 2.24. The number of likely N-dealkylation sites (tertiary alicyclic amines) is 1. The average molecular weight is 344 g/mol. The molecule has 0 aliphatic carbocycles. The fraction of sp³-hybridized carbons (Fsp3) is 0.632. The molecule has 0 bridgehead atoms. The maximum atomic E-state index is 12.9. The van der Waals surface area contributed by atoms with E-state index in [1.54, 1.807) is 6.92 Å². The minimum atomic E-state index is 0.0471. The number of anilines is 1. The van der Waals surface area contributed by atoms with Gasteiger partial charge in [0.05, 0.1) is 0 Å². The van der Waals surface area contributed by atoms with Crippen LogP contribution in [0.2, 0.25) is 0 Å². The molecule has 6 heteroatoms. The summed E-state index contributed by atoms with van der Waals surface area (Å²) in [6.45, 7) is 4.83. The topological polar surface area (TPSA) is 56.8 Å². The van der Waals surface area contributed by atoms with Gasteiger partial charge in [0.2, 0.25) is 11.8 Å². The Labute approximate surface area is 149 Å². The van der Waals surface area contributed by atoms with Gasteiger partial charge in [-0.05, 0) is 37.8 Å². The Balaban J connectivity index is 1.58. The summed E-state index contributed by atoms with van der Waals surface area (Å²) in [5.41, 5.74) is 0. The van der Waals surface area contributed by atoms with Gasteiger partial charge in [-0.15, -0.1) is 0 Å². The molecule has 2 amide bonds. The molecular weight excluding hydrogens is 316 g/mol. The second-order valence-corrected chi connectivity index (χ2v) is 7.16. The number of hydrogen-bond donors (Lipinski definition) is 0. The summed E-state index contributed by atoms with van der Waals surface area (Å²) < 4.78 is 0. The van der Waals surface area contributed by atoms with E-state index < -0.39 is 0 Å². The van der Waals surface area contributed by atoms with E-state index in [9.17, 15) is 9.59 Å². The third-order valence-corrected chi connectivity index (χ3v) is 5.55. The molecule has 2 aliphatic rings. The van der Waals surface area contributed by atoms with Crippen LogP contribution in [0.5, 0.6) is 0 Å². The quantitative estimate of drug-likeness (QED) is 0.838. The Kier molecular flexibility index (Phi) is 5.56. The zero-order chi connectivity index (χ0) is 17.8. The molecule has 1 aromatic rings. The van der Waals surface area contributed by atoms with E-state index in [2.05, 4.69) is 9.88 Å². The molecule has 25 heavy (non-hydrogen) atoms. The largest absolute Gasteiger partial charge is 0.355 e. The van der Waals surface area contributed by atoms with Crippen LogP contribution in [-0.4, -0.2) is 65.9 Å². The third-order valence-electron chi connectivity index (χ3n) is 5.55. The molecule has 3 heterocycles. The zero-order valence-electron chi connectivity index (χ0n) is 15.2. The van der Waals surface area contributed by atoms with Crippen LogP contribution in [0, 0.1) is 5.92 Å². The number of nitrogens with zero attached hydrogens (tertiary/aromatic N) is 4. The van der Waals surface area contributed by atoms with Crippen molar-refractivity contribution in [2.75, 3.05) is 38.1 Å². The number of carbonyl (C=O) groups is 2. The number of carbonyl (C=O) groups excluding carboxylic acids is 2. The normalized spacial score (nSPS) is 21.9. The number of aromatic nitrogens is 1. The van der Waals surface area contributed by atoms with Crippen LogP contribution in [0.4, 0.5) is 5.82 Å². The van der Waals surface area contributed by atoms with Crippen LogP contribution in [0.1, 0.15) is 32.6 Å². The van der Waals surface area contributed by atoms with Gasteiger partial charge in [0.15, 0.2) is 0 Å². The van der Waals surface area contributed by atoms with Crippen LogP contribution in [-0.2, 0) is 9.59 Å². The number of amides is 2. The highest BCUT2D eigenvalue weighted by molar-refractivity contribution is 5.80. The Bertz CT molecular complexity index is 599. The number of rotatable bonds is 3. The van der Waals surface area contributed by atoms with Crippen molar-refractivity contribution < 1.29 is 9.59 Å². The van der Waals surface area contributed by atoms with Gasteiger partial charge >= 0.3 is 0 Å². The SMILES string of the molecule is CC(=O)N1CCC(C(=O)N(C)C2CCCN(c3ccccn3)C2)CC1. The predicted octanol–water partition coefficient (Wildman–Crippen LogP) is 1.77. The Morgan fingerprint density at radius 3 is 2.56 bits per heavy atom. The average Bonchev–Trinajstić information content (AvgIpc) is 2.67. The molecule has 0 saturated carbocycles. The molecule has 136 valence electrons. The Hall–Kier alpha value is -2.11. The molecule has 2 saturated heterocycles. The van der Waals surface area contributed by atoms with Crippen molar-refractivity contribution in [3.05, 3.63) is 24.4 Å². The van der Waals surface area contributed by atoms with Gasteiger partial charge < -0.3 is 14.7 Å². The molecule has 6 nitrogen and oxygen atoms in total. The molecular formula is C19H28N4O2. The summed E-state index contributed by atoms with van der Waals surface area (Å²) in [6.07, 6.45) is 5.48. The van der Waals surface area contributed by atoms with Gasteiger partial charge in [0.25, 0.3) is 0 Å². The Morgan fingerprint density at radius 1 is 1.16 bits per heavy atom. The molecule has 0 radical (unpaired) electrons. The fourth-order valence-electron chi connectivity index (χ4n) is 3.93. The lowest BCUT2D eigenvalue weighted by Gasteiger charge is -2.40. The van der Waals surface area contributed by atoms with Gasteiger partial charge in [0, 0.05) is 58.3 Å². The Morgan fingerprint density at radius 2 is 1.92 bits per heavy atom. The third kappa shape index (κ3) is 4.11. The van der Waals surface area contributed by atoms with Crippen molar-refractivity contribution in [2.45, 2.75) is 38.6 Å². The molecule has 2 aliphatic heterocycles. The molecule has 1 aromatic heterocycles. The van der Waals surface area contributed by atoms with E-state index in [1.165, 1.54) is 0 Å². The number of likely N-dealkylation sites (N-methyl/N-ethyl adjacent to an activating group) is 1. The van der Waals surface area contributed by atoms with Crippen LogP contribution < -0.4 is 4.90 Å². The first-order valence-corrected chi connectivity index (χ1v) is 9.24. The summed E-state index contributed by atoms with van der Waals surface area (Å²) in [4.78, 5) is 34.9. The number of pyridine rings is 1. The summed E-state index contributed by atoms with van der Waals surface area (Å²) in [7, 11) is 1.94. The minimum absolute atomic E-state index is 0.0471. The first-order valence-electron chi connectivity index (χ1n) is 9.24. The van der Waals surface area contributed by atoms with Crippen LogP contribution >= 0.6 is 0 Å². The second-order valence-electron chi connectivity index (χ2n) is 7.16. The minimum Gasteiger partial charge on any atom is -0.355 e. The van der Waals surface area contributed by atoms with Crippen molar-refractivity contribution in [3.8, 4) is 0 Å². The second kappa shape index (κ2) is 7.85. The summed E-state index contributed by atoms with van der Waals surface area (Å²) in [5.74, 6) is 1.38. The van der Waals surface area contributed by atoms with E-state index >= 15 is 0 Å². The molecule has 1 unspecified atom stereocenters. The first kappa shape index (κ1) is 17.7. The highest BCUT2D eigenvalue weighted by Gasteiger charge is 2.32. The van der Waals surface area contributed by atoms with Crippen LogP contribution in [0.3, 0.4) is 0 Å². The summed E-state index contributed by atoms with van der Waals surface area (Å²) >= 11 is 0. The van der Waals surface area contributed by atoms with E-state index in [-0.39, 0.29) is 23.8 Å². The molecule has 1 atom stereocenters. The lowest BCUT2D eigenvalue weighted by molar-refractivity contribution is -0.140. The van der Waals surface area contributed by atoms with E-state index in [4.69, 9.17) is 0 Å². The highest BCUT2D eigenvalue weighted by atomic mass is 16.2.